The van der Waals surface area contributed by atoms with Crippen molar-refractivity contribution in [3.05, 3.63) is 71.8 Å². The molecule has 8 heteroatoms. The van der Waals surface area contributed by atoms with Gasteiger partial charge in [0.2, 0.25) is 0 Å². The maximum Gasteiger partial charge on any atom is 0.295 e. The maximum absolute atomic E-state index is 13.3. The van der Waals surface area contributed by atoms with E-state index in [2.05, 4.69) is 25.3 Å². The number of Topliss-reactive ketones (excluding diaryl/α,β-unsaturated/α-hetero) is 1. The third-order valence-corrected chi connectivity index (χ3v) is 6.39. The Balaban J connectivity index is 2.10. The molecule has 0 radical (unpaired) electrons. The number of rotatable bonds is 13. The molecule has 1 unspecified atom stereocenters. The number of hydrogen-bond donors (Lipinski definition) is 1. The van der Waals surface area contributed by atoms with Crippen molar-refractivity contribution >= 4 is 17.4 Å². The Labute approximate surface area is 218 Å². The summed E-state index contributed by atoms with van der Waals surface area (Å²) < 4.78 is 16.7. The Hall–Kier alpha value is -3.78. The van der Waals surface area contributed by atoms with E-state index in [1.807, 2.05) is 6.92 Å². The Morgan fingerprint density at radius 1 is 1.05 bits per heavy atom. The first-order chi connectivity index (χ1) is 17.9. The highest BCUT2D eigenvalue weighted by Gasteiger charge is 2.46. The van der Waals surface area contributed by atoms with Crippen LogP contribution in [0.3, 0.4) is 0 Å². The monoisotopic (exact) mass is 508 g/mol. The van der Waals surface area contributed by atoms with Crippen LogP contribution in [0.15, 0.2) is 60.7 Å². The molecule has 1 aliphatic heterocycles. The molecule has 2 aromatic rings. The van der Waals surface area contributed by atoms with Crippen molar-refractivity contribution in [1.82, 2.24) is 9.80 Å². The van der Waals surface area contributed by atoms with E-state index in [0.717, 1.165) is 13.1 Å². The van der Waals surface area contributed by atoms with E-state index in [-0.39, 0.29) is 11.3 Å². The predicted octanol–water partition coefficient (Wildman–Crippen LogP) is 4.42. The number of hydrogen-bond acceptors (Lipinski definition) is 7. The van der Waals surface area contributed by atoms with Gasteiger partial charge in [-0.3, -0.25) is 9.59 Å². The Morgan fingerprint density at radius 3 is 2.35 bits per heavy atom. The van der Waals surface area contributed by atoms with Crippen LogP contribution < -0.4 is 14.2 Å². The molecule has 1 saturated heterocycles. The molecule has 1 amide bonds. The zero-order valence-electron chi connectivity index (χ0n) is 22.0. The summed E-state index contributed by atoms with van der Waals surface area (Å²) in [6.07, 6.45) is 1.64. The van der Waals surface area contributed by atoms with E-state index in [4.69, 9.17) is 14.2 Å². The SMILES string of the molecule is C=CCOc1ccc(/C(O)=C2\C(=O)C(=O)N(CCN(CC)CC)C2c2ccc(OCC)c(OC)c2)cc1. The summed E-state index contributed by atoms with van der Waals surface area (Å²) >= 11 is 0. The molecule has 3 rings (SSSR count). The minimum Gasteiger partial charge on any atom is -0.507 e. The summed E-state index contributed by atoms with van der Waals surface area (Å²) in [7, 11) is 1.54. The van der Waals surface area contributed by atoms with Gasteiger partial charge in [-0.25, -0.2) is 0 Å². The lowest BCUT2D eigenvalue weighted by Gasteiger charge is -2.28. The van der Waals surface area contributed by atoms with Crippen LogP contribution in [-0.2, 0) is 9.59 Å². The third-order valence-electron chi connectivity index (χ3n) is 6.39. The molecular weight excluding hydrogens is 472 g/mol. The number of amides is 1. The predicted molar refractivity (Wildman–Crippen MR) is 143 cm³/mol. The van der Waals surface area contributed by atoms with Crippen molar-refractivity contribution in [3.8, 4) is 17.2 Å². The van der Waals surface area contributed by atoms with Crippen molar-refractivity contribution < 1.29 is 28.9 Å². The molecule has 0 saturated carbocycles. The van der Waals surface area contributed by atoms with Crippen molar-refractivity contribution in [1.29, 1.82) is 0 Å². The van der Waals surface area contributed by atoms with Crippen LogP contribution >= 0.6 is 0 Å². The highest BCUT2D eigenvalue weighted by Crippen LogP contribution is 2.42. The largest absolute Gasteiger partial charge is 0.507 e. The fourth-order valence-corrected chi connectivity index (χ4v) is 4.39. The minimum atomic E-state index is -0.781. The van der Waals surface area contributed by atoms with Crippen molar-refractivity contribution in [2.24, 2.45) is 0 Å². The molecule has 1 atom stereocenters. The first-order valence-corrected chi connectivity index (χ1v) is 12.6. The lowest BCUT2D eigenvalue weighted by atomic mass is 9.95. The van der Waals surface area contributed by atoms with Gasteiger partial charge in [0.05, 0.1) is 25.3 Å². The van der Waals surface area contributed by atoms with E-state index in [0.29, 0.717) is 54.7 Å². The average molecular weight is 509 g/mol. The molecule has 198 valence electrons. The zero-order valence-corrected chi connectivity index (χ0v) is 22.0. The Kier molecular flexibility index (Phi) is 9.74. The number of benzene rings is 2. The molecule has 1 fully saturated rings. The Bertz CT molecular complexity index is 1140. The molecule has 1 N–H and O–H groups in total. The van der Waals surface area contributed by atoms with Gasteiger partial charge in [0.15, 0.2) is 11.5 Å². The van der Waals surface area contributed by atoms with Crippen LogP contribution in [0.25, 0.3) is 5.76 Å². The van der Waals surface area contributed by atoms with Gasteiger partial charge in [-0.15, -0.1) is 0 Å². The summed E-state index contributed by atoms with van der Waals surface area (Å²) in [6.45, 7) is 13.0. The molecule has 0 aromatic heterocycles. The topological polar surface area (TPSA) is 88.5 Å². The number of carbonyl (C=O) groups excluding carboxylic acids is 2. The number of likely N-dealkylation sites (N-methyl/N-ethyl adjacent to an activating group) is 1. The smallest absolute Gasteiger partial charge is 0.295 e. The highest BCUT2D eigenvalue weighted by molar-refractivity contribution is 6.46. The number of likely N-dealkylation sites (tertiary alicyclic amines) is 1. The van der Waals surface area contributed by atoms with Crippen LogP contribution in [0.5, 0.6) is 17.2 Å². The van der Waals surface area contributed by atoms with Crippen LogP contribution in [-0.4, -0.2) is 73.1 Å². The second-order valence-electron chi connectivity index (χ2n) is 8.49. The molecule has 1 heterocycles. The summed E-state index contributed by atoms with van der Waals surface area (Å²) in [4.78, 5) is 30.3. The molecule has 0 bridgehead atoms. The number of ketones is 1. The highest BCUT2D eigenvalue weighted by atomic mass is 16.5. The zero-order chi connectivity index (χ0) is 26.9. The van der Waals surface area contributed by atoms with Crippen LogP contribution in [0.4, 0.5) is 0 Å². The van der Waals surface area contributed by atoms with E-state index in [1.165, 1.54) is 12.0 Å². The van der Waals surface area contributed by atoms with Crippen LogP contribution in [0.2, 0.25) is 0 Å². The number of carbonyl (C=O) groups is 2. The minimum absolute atomic E-state index is 0.0375. The number of aliphatic hydroxyl groups is 1. The molecule has 2 aromatic carbocycles. The first kappa shape index (κ1) is 27.8. The van der Waals surface area contributed by atoms with Gasteiger partial charge in [-0.1, -0.05) is 32.6 Å². The van der Waals surface area contributed by atoms with E-state index < -0.39 is 17.7 Å². The normalized spacial score (nSPS) is 16.8. The summed E-state index contributed by atoms with van der Waals surface area (Å²) in [5.74, 6) is 0.0430. The number of methoxy groups -OCH3 is 1. The second kappa shape index (κ2) is 13.0. The van der Waals surface area contributed by atoms with Gasteiger partial charge in [-0.05, 0) is 62.0 Å². The van der Waals surface area contributed by atoms with Gasteiger partial charge in [0, 0.05) is 18.7 Å². The summed E-state index contributed by atoms with van der Waals surface area (Å²) in [5.41, 5.74) is 1.10. The number of aliphatic hydroxyl groups excluding tert-OH is 1. The third kappa shape index (κ3) is 6.14. The molecule has 37 heavy (non-hydrogen) atoms. The van der Waals surface area contributed by atoms with E-state index >= 15 is 0 Å². The second-order valence-corrected chi connectivity index (χ2v) is 8.49. The molecule has 8 nitrogen and oxygen atoms in total. The number of ether oxygens (including phenoxy) is 3. The van der Waals surface area contributed by atoms with Crippen LogP contribution in [0, 0.1) is 0 Å². The lowest BCUT2D eigenvalue weighted by molar-refractivity contribution is -0.140. The quantitative estimate of drug-likeness (QED) is 0.185. The summed E-state index contributed by atoms with van der Waals surface area (Å²) in [6, 6.07) is 11.2. The van der Waals surface area contributed by atoms with Crippen molar-refractivity contribution in [2.45, 2.75) is 26.8 Å². The molecule has 0 aliphatic carbocycles. The molecule has 0 spiro atoms. The number of nitrogens with zero attached hydrogens (tertiary/aromatic N) is 2. The van der Waals surface area contributed by atoms with Gasteiger partial charge >= 0.3 is 0 Å². The van der Waals surface area contributed by atoms with E-state index in [9.17, 15) is 14.7 Å². The standard InChI is InChI=1S/C29H36N2O6/c1-6-18-37-22-13-10-20(11-14-22)27(32)25-26(21-12-15-23(36-9-4)24(19-21)35-5)31(29(34)28(25)33)17-16-30(7-2)8-3/h6,10-15,19,26,32H,1,7-9,16-18H2,2-5H3/b27-25+. The summed E-state index contributed by atoms with van der Waals surface area (Å²) in [5, 5.41) is 11.3. The van der Waals surface area contributed by atoms with Crippen molar-refractivity contribution in [2.75, 3.05) is 46.5 Å². The van der Waals surface area contributed by atoms with Gasteiger partial charge in [0.25, 0.3) is 11.7 Å². The molecule has 1 aliphatic rings. The average Bonchev–Trinajstić information content (AvgIpc) is 3.17. The fourth-order valence-electron chi connectivity index (χ4n) is 4.39. The van der Waals surface area contributed by atoms with Gasteiger partial charge in [-0.2, -0.15) is 0 Å². The van der Waals surface area contributed by atoms with Gasteiger partial charge in [0.1, 0.15) is 18.1 Å². The first-order valence-electron chi connectivity index (χ1n) is 12.6. The van der Waals surface area contributed by atoms with Crippen molar-refractivity contribution in [3.63, 3.8) is 0 Å². The Morgan fingerprint density at radius 2 is 1.76 bits per heavy atom. The van der Waals surface area contributed by atoms with E-state index in [1.54, 1.807) is 48.5 Å². The fraction of sp³-hybridized carbons (Fsp3) is 0.379. The lowest BCUT2D eigenvalue weighted by Crippen LogP contribution is -2.38. The molecular formula is C29H36N2O6. The maximum atomic E-state index is 13.3. The van der Waals surface area contributed by atoms with Crippen LogP contribution in [0.1, 0.15) is 37.9 Å². The van der Waals surface area contributed by atoms with Gasteiger partial charge < -0.3 is 29.1 Å².